The number of nitrogens with zero attached hydrogens (tertiary/aromatic N) is 1. The number of benzene rings is 9. The minimum absolute atomic E-state index is 0.291. The topological polar surface area (TPSA) is 23.4 Å². The highest BCUT2D eigenvalue weighted by molar-refractivity contribution is 7.20. The Morgan fingerprint density at radius 3 is 1.64 bits per heavy atom. The molecule has 59 heavy (non-hydrogen) atoms. The summed E-state index contributed by atoms with van der Waals surface area (Å²) in [6.45, 7) is -0.291. The van der Waals surface area contributed by atoms with Gasteiger partial charge in [0.25, 0.3) is 0 Å². The summed E-state index contributed by atoms with van der Waals surface area (Å²) >= 11 is 0. The first kappa shape index (κ1) is 33.8. The van der Waals surface area contributed by atoms with Crippen molar-refractivity contribution in [1.29, 1.82) is 0 Å². The molecule has 1 aromatic heterocycles. The van der Waals surface area contributed by atoms with Crippen LogP contribution in [0, 0.1) is 0 Å². The number of hydrogen-bond acceptors (Lipinski definition) is 2. The lowest BCUT2D eigenvalue weighted by Gasteiger charge is -2.36. The van der Waals surface area contributed by atoms with Crippen LogP contribution in [-0.2, 0) is 0 Å². The number of rotatable bonds is 6. The van der Waals surface area contributed by atoms with Crippen molar-refractivity contribution in [3.63, 3.8) is 0 Å². The van der Waals surface area contributed by atoms with Gasteiger partial charge in [0.15, 0.2) is 8.07 Å². The van der Waals surface area contributed by atoms with E-state index in [1.54, 1.807) is 0 Å². The number of ether oxygens (including phenoxy) is 1. The third-order valence-corrected chi connectivity index (χ3v) is 17.2. The van der Waals surface area contributed by atoms with E-state index in [1.807, 2.05) is 0 Å². The number of para-hydroxylation sites is 2. The fourth-order valence-electron chi connectivity index (χ4n) is 9.85. The first-order valence-electron chi connectivity index (χ1n) is 20.3. The summed E-state index contributed by atoms with van der Waals surface area (Å²) in [5, 5.41) is 7.85. The SMILES string of the molecule is c1ccc([Si](c2ccccc2)(c2ccccc2)c2ccc3c(c2)-c2cccc4c2B(O3)c2ccc(-c3cccc(-n5c6ccccc6c6ccccc65)c3)cc2O4)cc1. The summed E-state index contributed by atoms with van der Waals surface area (Å²) in [4.78, 5) is 0. The Bertz CT molecular complexity index is 3090. The van der Waals surface area contributed by atoms with Gasteiger partial charge < -0.3 is 14.0 Å². The summed E-state index contributed by atoms with van der Waals surface area (Å²) in [6, 6.07) is 79.3. The molecule has 0 atom stereocenters. The lowest BCUT2D eigenvalue weighted by molar-refractivity contribution is 0.479. The van der Waals surface area contributed by atoms with Crippen LogP contribution >= 0.6 is 0 Å². The van der Waals surface area contributed by atoms with Crippen LogP contribution in [0.15, 0.2) is 218 Å². The van der Waals surface area contributed by atoms with Crippen LogP contribution in [0.3, 0.4) is 0 Å². The van der Waals surface area contributed by atoms with Crippen molar-refractivity contribution >= 4 is 68.5 Å². The van der Waals surface area contributed by atoms with Crippen molar-refractivity contribution < 1.29 is 9.39 Å². The van der Waals surface area contributed by atoms with Gasteiger partial charge in [-0.1, -0.05) is 176 Å². The van der Waals surface area contributed by atoms with Crippen LogP contribution < -0.4 is 41.1 Å². The summed E-state index contributed by atoms with van der Waals surface area (Å²) in [7, 11) is -2.74. The van der Waals surface area contributed by atoms with Crippen LogP contribution in [0.4, 0.5) is 0 Å². The van der Waals surface area contributed by atoms with Crippen molar-refractivity contribution in [1.82, 2.24) is 4.57 Å². The quantitative estimate of drug-likeness (QED) is 0.125. The van der Waals surface area contributed by atoms with Crippen molar-refractivity contribution in [2.24, 2.45) is 0 Å². The van der Waals surface area contributed by atoms with Gasteiger partial charge in [0.1, 0.15) is 17.2 Å². The van der Waals surface area contributed by atoms with Crippen molar-refractivity contribution in [2.45, 2.75) is 0 Å². The molecule has 0 amide bonds. The Morgan fingerprint density at radius 1 is 0.390 bits per heavy atom. The summed E-state index contributed by atoms with van der Waals surface area (Å²) in [5.41, 5.74) is 10.1. The second kappa shape index (κ2) is 13.4. The molecule has 5 heteroatoms. The van der Waals surface area contributed by atoms with E-state index in [2.05, 4.69) is 223 Å². The molecule has 2 aliphatic heterocycles. The van der Waals surface area contributed by atoms with Crippen LogP contribution in [0.1, 0.15) is 0 Å². The van der Waals surface area contributed by atoms with E-state index in [0.29, 0.717) is 0 Å². The van der Waals surface area contributed by atoms with E-state index in [9.17, 15) is 0 Å². The molecule has 2 aliphatic rings. The van der Waals surface area contributed by atoms with E-state index in [-0.39, 0.29) is 6.92 Å². The van der Waals surface area contributed by atoms with Crippen molar-refractivity contribution in [3.05, 3.63) is 218 Å². The molecule has 9 aromatic carbocycles. The zero-order chi connectivity index (χ0) is 38.9. The molecular weight excluding hydrogens is 733 g/mol. The van der Waals surface area contributed by atoms with Crippen molar-refractivity contribution in [2.75, 3.05) is 0 Å². The molecule has 0 bridgehead atoms. The maximum Gasteiger partial charge on any atom is 0.434 e. The molecule has 0 fully saturated rings. The van der Waals surface area contributed by atoms with Crippen LogP contribution in [0.2, 0.25) is 0 Å². The zero-order valence-electron chi connectivity index (χ0n) is 32.1. The van der Waals surface area contributed by atoms with Crippen LogP contribution in [0.25, 0.3) is 49.7 Å². The molecule has 0 unspecified atom stereocenters. The summed E-state index contributed by atoms with van der Waals surface area (Å²) in [5.74, 6) is 2.55. The lowest BCUT2D eigenvalue weighted by Crippen LogP contribution is -2.74. The predicted octanol–water partition coefficient (Wildman–Crippen LogP) is 9.10. The number of fused-ring (bicyclic) bond motifs is 7. The molecule has 0 N–H and O–H groups in total. The smallest absolute Gasteiger partial charge is 0.434 e. The minimum atomic E-state index is -2.74. The Morgan fingerprint density at radius 2 is 0.983 bits per heavy atom. The Balaban J connectivity index is 0.959. The number of hydrogen-bond donors (Lipinski definition) is 0. The average Bonchev–Trinajstić information content (AvgIpc) is 3.65. The first-order valence-corrected chi connectivity index (χ1v) is 22.3. The molecule has 3 heterocycles. The third kappa shape index (κ3) is 5.15. The standard InChI is InChI=1S/C54H36BNO2Si/c1-4-18-40(19-5-1)59(41-20-6-2-7-21-41,42-22-8-3-9-23-42)43-31-33-51-47(36-43)46-26-15-29-52-54(46)55(58-51)48-32-30-38(35-53(48)57-52)37-16-14-17-39(34-37)56-49-27-12-10-24-44(49)45-25-11-13-28-50(45)56/h1-36H. The van der Waals surface area contributed by atoms with Gasteiger partial charge in [0.2, 0.25) is 0 Å². The predicted molar refractivity (Wildman–Crippen MR) is 247 cm³/mol. The van der Waals surface area contributed by atoms with Gasteiger partial charge >= 0.3 is 6.92 Å². The van der Waals surface area contributed by atoms with E-state index < -0.39 is 8.07 Å². The Labute approximate surface area is 344 Å². The highest BCUT2D eigenvalue weighted by Gasteiger charge is 2.44. The summed E-state index contributed by atoms with van der Waals surface area (Å²) in [6.07, 6.45) is 0. The summed E-state index contributed by atoms with van der Waals surface area (Å²) < 4.78 is 16.3. The van der Waals surface area contributed by atoms with E-state index in [4.69, 9.17) is 9.39 Å². The monoisotopic (exact) mass is 769 g/mol. The molecule has 12 rings (SSSR count). The highest BCUT2D eigenvalue weighted by Crippen LogP contribution is 2.40. The fourth-order valence-corrected chi connectivity index (χ4v) is 14.6. The minimum Gasteiger partial charge on any atom is -0.551 e. The van der Waals surface area contributed by atoms with Crippen LogP contribution in [-0.4, -0.2) is 19.6 Å². The molecule has 0 saturated carbocycles. The number of aromatic nitrogens is 1. The third-order valence-electron chi connectivity index (χ3n) is 12.4. The molecule has 0 radical (unpaired) electrons. The van der Waals surface area contributed by atoms with Gasteiger partial charge in [-0.3, -0.25) is 0 Å². The van der Waals surface area contributed by atoms with Gasteiger partial charge in [0.05, 0.1) is 11.0 Å². The van der Waals surface area contributed by atoms with Gasteiger partial charge in [0, 0.05) is 32.9 Å². The molecule has 0 saturated heterocycles. The maximum absolute atomic E-state index is 7.08. The fraction of sp³-hybridized carbons (Fsp3) is 0. The average molecular weight is 770 g/mol. The highest BCUT2D eigenvalue weighted by atomic mass is 28.3. The second-order valence-electron chi connectivity index (χ2n) is 15.5. The molecule has 10 aromatic rings. The molecular formula is C54H36BNO2Si. The van der Waals surface area contributed by atoms with Gasteiger partial charge in [-0.05, 0) is 79.9 Å². The van der Waals surface area contributed by atoms with E-state index in [0.717, 1.165) is 56.1 Å². The normalized spacial score (nSPS) is 12.6. The zero-order valence-corrected chi connectivity index (χ0v) is 33.1. The van der Waals surface area contributed by atoms with E-state index in [1.165, 1.54) is 42.6 Å². The lowest BCUT2D eigenvalue weighted by atomic mass is 9.51. The first-order chi connectivity index (χ1) is 29.3. The largest absolute Gasteiger partial charge is 0.551 e. The molecule has 0 aliphatic carbocycles. The second-order valence-corrected chi connectivity index (χ2v) is 19.4. The van der Waals surface area contributed by atoms with E-state index >= 15 is 0 Å². The van der Waals surface area contributed by atoms with Gasteiger partial charge in [-0.2, -0.15) is 0 Å². The molecule has 3 nitrogen and oxygen atoms in total. The molecule has 276 valence electrons. The Kier molecular flexibility index (Phi) is 7.65. The Hall–Kier alpha value is -7.34. The maximum atomic E-state index is 7.08. The molecule has 0 spiro atoms. The van der Waals surface area contributed by atoms with Crippen LogP contribution in [0.5, 0.6) is 17.2 Å². The van der Waals surface area contributed by atoms with Gasteiger partial charge in [-0.15, -0.1) is 0 Å². The van der Waals surface area contributed by atoms with Crippen molar-refractivity contribution in [3.8, 4) is 45.2 Å². The van der Waals surface area contributed by atoms with Gasteiger partial charge in [-0.25, -0.2) is 0 Å².